The fourth-order valence-electron chi connectivity index (χ4n) is 3.05. The number of benzene rings is 1. The number of aromatic nitrogens is 1. The maximum atomic E-state index is 11.2. The van der Waals surface area contributed by atoms with Crippen LogP contribution in [-0.2, 0) is 0 Å². The van der Waals surface area contributed by atoms with Crippen molar-refractivity contribution < 1.29 is 9.90 Å². The third-order valence-corrected chi connectivity index (χ3v) is 4.44. The minimum Gasteiger partial charge on any atom is -0.478 e. The van der Waals surface area contributed by atoms with Crippen LogP contribution in [0.25, 0.3) is 10.9 Å². The van der Waals surface area contributed by atoms with Crippen LogP contribution < -0.4 is 4.90 Å². The molecule has 2 aromatic rings. The summed E-state index contributed by atoms with van der Waals surface area (Å²) in [6.45, 7) is 6.59. The molecule has 2 heterocycles. The van der Waals surface area contributed by atoms with Gasteiger partial charge in [-0.05, 0) is 42.5 Å². The fraction of sp³-hybridized carbons (Fsp3) is 0.412. The fourth-order valence-corrected chi connectivity index (χ4v) is 3.05. The minimum absolute atomic E-state index is 0.313. The van der Waals surface area contributed by atoms with Gasteiger partial charge in [0.15, 0.2) is 0 Å². The van der Waals surface area contributed by atoms with Crippen LogP contribution >= 0.6 is 0 Å². The van der Waals surface area contributed by atoms with E-state index >= 15 is 0 Å². The van der Waals surface area contributed by atoms with Crippen LogP contribution in [0.4, 0.5) is 5.82 Å². The van der Waals surface area contributed by atoms with Gasteiger partial charge in [-0.15, -0.1) is 0 Å². The highest BCUT2D eigenvalue weighted by molar-refractivity contribution is 6.02. The number of rotatable bonds is 3. The smallest absolute Gasteiger partial charge is 0.336 e. The minimum atomic E-state index is -0.906. The predicted molar refractivity (Wildman–Crippen MR) is 83.9 cm³/mol. The molecule has 1 unspecified atom stereocenters. The molecule has 0 bridgehead atoms. The van der Waals surface area contributed by atoms with E-state index in [1.165, 1.54) is 6.42 Å². The van der Waals surface area contributed by atoms with Crippen LogP contribution in [-0.4, -0.2) is 29.1 Å². The number of nitrogens with zero attached hydrogens (tertiary/aromatic N) is 2. The van der Waals surface area contributed by atoms with E-state index < -0.39 is 5.97 Å². The first-order valence-electron chi connectivity index (χ1n) is 7.44. The Morgan fingerprint density at radius 2 is 2.14 bits per heavy atom. The molecule has 1 saturated heterocycles. The SMILES string of the molecule is CC(C)C1CCN(c2ccc3c(C(=O)O)cccc3n2)C1. The first kappa shape index (κ1) is 13.9. The maximum absolute atomic E-state index is 11.2. The highest BCUT2D eigenvalue weighted by atomic mass is 16.4. The van der Waals surface area contributed by atoms with Crippen LogP contribution in [0.1, 0.15) is 30.6 Å². The maximum Gasteiger partial charge on any atom is 0.336 e. The number of carboxylic acids is 1. The van der Waals surface area contributed by atoms with Crippen molar-refractivity contribution in [1.82, 2.24) is 4.98 Å². The Morgan fingerprint density at radius 3 is 2.81 bits per heavy atom. The van der Waals surface area contributed by atoms with Crippen molar-refractivity contribution in [2.75, 3.05) is 18.0 Å². The van der Waals surface area contributed by atoms with E-state index in [4.69, 9.17) is 0 Å². The lowest BCUT2D eigenvalue weighted by Crippen LogP contribution is -2.22. The molecule has 1 N–H and O–H groups in total. The third kappa shape index (κ3) is 2.58. The van der Waals surface area contributed by atoms with Crippen LogP contribution in [0, 0.1) is 11.8 Å². The molecule has 0 aliphatic carbocycles. The Labute approximate surface area is 124 Å². The molecule has 0 radical (unpaired) electrons. The summed E-state index contributed by atoms with van der Waals surface area (Å²) < 4.78 is 0. The van der Waals surface area contributed by atoms with Gasteiger partial charge < -0.3 is 10.0 Å². The number of hydrogen-bond donors (Lipinski definition) is 1. The molecule has 0 amide bonds. The van der Waals surface area contributed by atoms with Crippen molar-refractivity contribution in [3.63, 3.8) is 0 Å². The second-order valence-electron chi connectivity index (χ2n) is 6.09. The largest absolute Gasteiger partial charge is 0.478 e. The van der Waals surface area contributed by atoms with Crippen LogP contribution in [0.15, 0.2) is 30.3 Å². The second-order valence-corrected chi connectivity index (χ2v) is 6.09. The zero-order valence-electron chi connectivity index (χ0n) is 12.4. The number of aromatic carboxylic acids is 1. The lowest BCUT2D eigenvalue weighted by atomic mass is 9.95. The Hall–Kier alpha value is -2.10. The van der Waals surface area contributed by atoms with Crippen LogP contribution in [0.5, 0.6) is 0 Å². The van der Waals surface area contributed by atoms with Crippen molar-refractivity contribution in [3.8, 4) is 0 Å². The van der Waals surface area contributed by atoms with E-state index in [9.17, 15) is 9.90 Å². The Kier molecular flexibility index (Phi) is 3.53. The first-order valence-corrected chi connectivity index (χ1v) is 7.44. The number of carboxylic acid groups (broad SMARTS) is 1. The average molecular weight is 284 g/mol. The van der Waals surface area contributed by atoms with E-state index in [0.717, 1.165) is 24.4 Å². The zero-order valence-corrected chi connectivity index (χ0v) is 12.4. The lowest BCUT2D eigenvalue weighted by Gasteiger charge is -2.19. The molecule has 4 nitrogen and oxygen atoms in total. The summed E-state index contributed by atoms with van der Waals surface area (Å²) in [7, 11) is 0. The van der Waals surface area contributed by atoms with Gasteiger partial charge in [0.2, 0.25) is 0 Å². The van der Waals surface area contributed by atoms with Gasteiger partial charge >= 0.3 is 5.97 Å². The van der Waals surface area contributed by atoms with Gasteiger partial charge in [0.05, 0.1) is 11.1 Å². The van der Waals surface area contributed by atoms with Crippen molar-refractivity contribution in [3.05, 3.63) is 35.9 Å². The Balaban J connectivity index is 1.94. The molecular formula is C17H20N2O2. The summed E-state index contributed by atoms with van der Waals surface area (Å²) in [5.41, 5.74) is 1.06. The quantitative estimate of drug-likeness (QED) is 0.938. The highest BCUT2D eigenvalue weighted by Crippen LogP contribution is 2.28. The Morgan fingerprint density at radius 1 is 1.33 bits per heavy atom. The van der Waals surface area contributed by atoms with Gasteiger partial charge in [-0.2, -0.15) is 0 Å². The van der Waals surface area contributed by atoms with Crippen LogP contribution in [0.2, 0.25) is 0 Å². The number of hydrogen-bond acceptors (Lipinski definition) is 3. The van der Waals surface area contributed by atoms with Crippen molar-refractivity contribution in [2.24, 2.45) is 11.8 Å². The van der Waals surface area contributed by atoms with Crippen molar-refractivity contribution in [2.45, 2.75) is 20.3 Å². The van der Waals surface area contributed by atoms with E-state index in [1.807, 2.05) is 18.2 Å². The molecule has 21 heavy (non-hydrogen) atoms. The summed E-state index contributed by atoms with van der Waals surface area (Å²) in [6.07, 6.45) is 1.20. The summed E-state index contributed by atoms with van der Waals surface area (Å²) in [4.78, 5) is 18.2. The van der Waals surface area contributed by atoms with Gasteiger partial charge in [-0.3, -0.25) is 0 Å². The second kappa shape index (κ2) is 5.35. The normalized spacial score (nSPS) is 18.6. The molecule has 3 rings (SSSR count). The number of carbonyl (C=O) groups is 1. The monoisotopic (exact) mass is 284 g/mol. The molecule has 0 spiro atoms. The van der Waals surface area contributed by atoms with E-state index in [1.54, 1.807) is 12.1 Å². The van der Waals surface area contributed by atoms with Gasteiger partial charge in [0.25, 0.3) is 0 Å². The molecule has 1 atom stereocenters. The number of fused-ring (bicyclic) bond motifs is 1. The van der Waals surface area contributed by atoms with Crippen molar-refractivity contribution in [1.29, 1.82) is 0 Å². The predicted octanol–water partition coefficient (Wildman–Crippen LogP) is 3.42. The van der Waals surface area contributed by atoms with E-state index in [0.29, 0.717) is 22.8 Å². The molecule has 1 aliphatic rings. The molecule has 0 saturated carbocycles. The van der Waals surface area contributed by atoms with E-state index in [2.05, 4.69) is 23.7 Å². The summed E-state index contributed by atoms with van der Waals surface area (Å²) in [5, 5.41) is 9.92. The molecule has 110 valence electrons. The molecule has 1 aliphatic heterocycles. The summed E-state index contributed by atoms with van der Waals surface area (Å²) in [6, 6.07) is 9.07. The standard InChI is InChI=1S/C17H20N2O2/c1-11(2)12-8-9-19(10-12)16-7-6-13-14(17(20)21)4-3-5-15(13)18-16/h3-7,11-12H,8-10H2,1-2H3,(H,20,21). The number of pyridine rings is 1. The first-order chi connectivity index (χ1) is 10.1. The number of anilines is 1. The molecule has 4 heteroatoms. The molecule has 1 aromatic carbocycles. The highest BCUT2D eigenvalue weighted by Gasteiger charge is 2.25. The molecule has 1 aromatic heterocycles. The zero-order chi connectivity index (χ0) is 15.0. The summed E-state index contributed by atoms with van der Waals surface area (Å²) in [5.74, 6) is 1.45. The Bertz CT molecular complexity index is 682. The van der Waals surface area contributed by atoms with Gasteiger partial charge in [-0.1, -0.05) is 19.9 Å². The lowest BCUT2D eigenvalue weighted by molar-refractivity contribution is 0.0699. The van der Waals surface area contributed by atoms with Crippen molar-refractivity contribution >= 4 is 22.7 Å². The van der Waals surface area contributed by atoms with Crippen LogP contribution in [0.3, 0.4) is 0 Å². The third-order valence-electron chi connectivity index (χ3n) is 4.44. The molecular weight excluding hydrogens is 264 g/mol. The average Bonchev–Trinajstić information content (AvgIpc) is 2.96. The van der Waals surface area contributed by atoms with Gasteiger partial charge in [-0.25, -0.2) is 9.78 Å². The molecule has 1 fully saturated rings. The van der Waals surface area contributed by atoms with Gasteiger partial charge in [0.1, 0.15) is 5.82 Å². The summed E-state index contributed by atoms with van der Waals surface area (Å²) >= 11 is 0. The van der Waals surface area contributed by atoms with Gasteiger partial charge in [0, 0.05) is 18.5 Å². The topological polar surface area (TPSA) is 53.4 Å². The van der Waals surface area contributed by atoms with E-state index in [-0.39, 0.29) is 0 Å².